The number of carbonyl (C=O) groups excluding carboxylic acids is 1. The van der Waals surface area contributed by atoms with Crippen LogP contribution in [0.1, 0.15) is 16.1 Å². The molecule has 1 aromatic carbocycles. The van der Waals surface area contributed by atoms with Gasteiger partial charge in [0.25, 0.3) is 0 Å². The molecule has 1 aromatic heterocycles. The number of halogens is 1. The van der Waals surface area contributed by atoms with E-state index in [-0.39, 0.29) is 16.6 Å². The maximum atomic E-state index is 12.0. The van der Waals surface area contributed by atoms with Crippen molar-refractivity contribution in [2.24, 2.45) is 7.05 Å². The van der Waals surface area contributed by atoms with E-state index >= 15 is 0 Å². The normalized spacial score (nSPS) is 10.4. The molecule has 5 heteroatoms. The molecule has 0 unspecified atom stereocenters. The number of carbonyl (C=O) groups is 1. The maximum absolute atomic E-state index is 12.0. The smallest absolute Gasteiger partial charge is 0.211 e. The first-order valence-electron chi connectivity index (χ1n) is 4.61. The first-order chi connectivity index (χ1) is 7.59. The molecule has 1 N–H and O–H groups in total. The van der Waals surface area contributed by atoms with Crippen molar-refractivity contribution in [1.29, 1.82) is 0 Å². The summed E-state index contributed by atoms with van der Waals surface area (Å²) in [5.74, 6) is -0.217. The van der Waals surface area contributed by atoms with E-state index in [4.69, 9.17) is 11.6 Å². The lowest BCUT2D eigenvalue weighted by molar-refractivity contribution is 0.103. The quantitative estimate of drug-likeness (QED) is 0.812. The van der Waals surface area contributed by atoms with E-state index in [9.17, 15) is 9.90 Å². The summed E-state index contributed by atoms with van der Waals surface area (Å²) in [6, 6.07) is 5.98. The van der Waals surface area contributed by atoms with Crippen LogP contribution in [0.2, 0.25) is 5.02 Å². The second-order valence-corrected chi connectivity index (χ2v) is 3.74. The molecule has 0 radical (unpaired) electrons. The molecule has 0 fully saturated rings. The van der Waals surface area contributed by atoms with Crippen LogP contribution in [0.15, 0.2) is 30.5 Å². The average molecular weight is 237 g/mol. The van der Waals surface area contributed by atoms with E-state index in [2.05, 4.69) is 5.10 Å². The summed E-state index contributed by atoms with van der Waals surface area (Å²) in [7, 11) is 1.69. The number of nitrogens with zero attached hydrogens (tertiary/aromatic N) is 2. The van der Waals surface area contributed by atoms with E-state index < -0.39 is 0 Å². The van der Waals surface area contributed by atoms with Crippen LogP contribution in [-0.2, 0) is 7.05 Å². The number of phenols is 1. The fourth-order valence-electron chi connectivity index (χ4n) is 1.39. The van der Waals surface area contributed by atoms with Crippen molar-refractivity contribution in [2.75, 3.05) is 0 Å². The van der Waals surface area contributed by atoms with Gasteiger partial charge in [-0.3, -0.25) is 9.48 Å². The van der Waals surface area contributed by atoms with Crippen LogP contribution >= 0.6 is 11.6 Å². The van der Waals surface area contributed by atoms with Gasteiger partial charge in [-0.25, -0.2) is 0 Å². The van der Waals surface area contributed by atoms with Crippen LogP contribution in [-0.4, -0.2) is 20.7 Å². The van der Waals surface area contributed by atoms with Crippen LogP contribution in [0.5, 0.6) is 5.75 Å². The monoisotopic (exact) mass is 236 g/mol. The number of benzene rings is 1. The van der Waals surface area contributed by atoms with Gasteiger partial charge in [-0.15, -0.1) is 0 Å². The number of ketones is 1. The highest BCUT2D eigenvalue weighted by Gasteiger charge is 2.13. The zero-order valence-corrected chi connectivity index (χ0v) is 9.27. The second kappa shape index (κ2) is 3.98. The van der Waals surface area contributed by atoms with Gasteiger partial charge in [0.1, 0.15) is 11.4 Å². The molecule has 0 aliphatic carbocycles. The Bertz CT molecular complexity index is 549. The third-order valence-electron chi connectivity index (χ3n) is 2.26. The van der Waals surface area contributed by atoms with Crippen LogP contribution in [0.25, 0.3) is 0 Å². The summed E-state index contributed by atoms with van der Waals surface area (Å²) in [6.07, 6.45) is 1.55. The number of rotatable bonds is 2. The van der Waals surface area contributed by atoms with Gasteiger partial charge in [-0.2, -0.15) is 5.10 Å². The van der Waals surface area contributed by atoms with Crippen LogP contribution < -0.4 is 0 Å². The topological polar surface area (TPSA) is 55.1 Å². The van der Waals surface area contributed by atoms with Gasteiger partial charge in [0.15, 0.2) is 0 Å². The fourth-order valence-corrected chi connectivity index (χ4v) is 1.57. The van der Waals surface area contributed by atoms with Crippen molar-refractivity contribution in [2.45, 2.75) is 0 Å². The highest BCUT2D eigenvalue weighted by Crippen LogP contribution is 2.24. The number of aryl methyl sites for hydroxylation is 1. The van der Waals surface area contributed by atoms with Gasteiger partial charge < -0.3 is 5.11 Å². The molecule has 0 saturated heterocycles. The molecule has 0 atom stereocenters. The molecule has 0 spiro atoms. The summed E-state index contributed by atoms with van der Waals surface area (Å²) >= 11 is 5.73. The lowest BCUT2D eigenvalue weighted by Gasteiger charge is -2.03. The number of aromatic hydroxyl groups is 1. The van der Waals surface area contributed by atoms with Crippen molar-refractivity contribution in [3.8, 4) is 5.75 Å². The molecule has 0 saturated carbocycles. The van der Waals surface area contributed by atoms with Crippen molar-refractivity contribution >= 4 is 17.4 Å². The molecule has 0 amide bonds. The molecule has 0 bridgehead atoms. The van der Waals surface area contributed by atoms with Gasteiger partial charge in [0, 0.05) is 18.8 Å². The standard InChI is InChI=1S/C11H9ClN2O2/c1-14-9(4-5-13-14)11(16)7-2-3-10(15)8(12)6-7/h2-6,15H,1H3. The molecule has 0 aliphatic rings. The third kappa shape index (κ3) is 1.79. The molecule has 4 nitrogen and oxygen atoms in total. The lowest BCUT2D eigenvalue weighted by atomic mass is 10.1. The SMILES string of the molecule is Cn1nccc1C(=O)c1ccc(O)c(Cl)c1. The Kier molecular flexibility index (Phi) is 2.66. The number of phenolic OH excluding ortho intramolecular Hbond substituents is 1. The predicted molar refractivity (Wildman–Crippen MR) is 59.8 cm³/mol. The molecule has 0 aliphatic heterocycles. The van der Waals surface area contributed by atoms with Crippen LogP contribution in [0.3, 0.4) is 0 Å². The molecule has 16 heavy (non-hydrogen) atoms. The molecular weight excluding hydrogens is 228 g/mol. The van der Waals surface area contributed by atoms with Gasteiger partial charge in [-0.1, -0.05) is 11.6 Å². The van der Waals surface area contributed by atoms with E-state index in [0.717, 1.165) is 0 Å². The van der Waals surface area contributed by atoms with Crippen molar-refractivity contribution in [3.05, 3.63) is 46.7 Å². The van der Waals surface area contributed by atoms with Gasteiger partial charge in [0.2, 0.25) is 5.78 Å². The lowest BCUT2D eigenvalue weighted by Crippen LogP contribution is -2.08. The minimum absolute atomic E-state index is 0.0387. The summed E-state index contributed by atoms with van der Waals surface area (Å²) < 4.78 is 1.49. The maximum Gasteiger partial charge on any atom is 0.211 e. The van der Waals surface area contributed by atoms with Gasteiger partial charge >= 0.3 is 0 Å². The average Bonchev–Trinajstić information content (AvgIpc) is 2.67. The summed E-state index contributed by atoms with van der Waals surface area (Å²) in [4.78, 5) is 12.0. The Morgan fingerprint density at radius 1 is 1.44 bits per heavy atom. The Morgan fingerprint density at radius 3 is 2.75 bits per heavy atom. The number of hydrogen-bond donors (Lipinski definition) is 1. The minimum atomic E-state index is -0.179. The highest BCUT2D eigenvalue weighted by atomic mass is 35.5. The Hall–Kier alpha value is -1.81. The first-order valence-corrected chi connectivity index (χ1v) is 4.98. The first kappa shape index (κ1) is 10.7. The fraction of sp³-hybridized carbons (Fsp3) is 0.0909. The number of hydrogen-bond acceptors (Lipinski definition) is 3. The molecule has 1 heterocycles. The summed E-state index contributed by atoms with van der Waals surface area (Å²) in [5.41, 5.74) is 0.896. The van der Waals surface area contributed by atoms with Crippen LogP contribution in [0.4, 0.5) is 0 Å². The summed E-state index contributed by atoms with van der Waals surface area (Å²) in [6.45, 7) is 0. The van der Waals surface area contributed by atoms with Crippen molar-refractivity contribution < 1.29 is 9.90 Å². The van der Waals surface area contributed by atoms with E-state index in [1.807, 2.05) is 0 Å². The zero-order chi connectivity index (χ0) is 11.7. The second-order valence-electron chi connectivity index (χ2n) is 3.34. The van der Waals surface area contributed by atoms with Gasteiger partial charge in [0.05, 0.1) is 5.02 Å². The molecular formula is C11H9ClN2O2. The Morgan fingerprint density at radius 2 is 2.19 bits per heavy atom. The van der Waals surface area contributed by atoms with E-state index in [1.54, 1.807) is 19.3 Å². The Labute approximate surface area is 97.1 Å². The highest BCUT2D eigenvalue weighted by molar-refractivity contribution is 6.32. The number of aromatic nitrogens is 2. The van der Waals surface area contributed by atoms with Gasteiger partial charge in [-0.05, 0) is 24.3 Å². The Balaban J connectivity index is 2.42. The molecule has 2 rings (SSSR count). The van der Waals surface area contributed by atoms with Crippen LogP contribution in [0, 0.1) is 0 Å². The van der Waals surface area contributed by atoms with E-state index in [0.29, 0.717) is 11.3 Å². The summed E-state index contributed by atoms with van der Waals surface area (Å²) in [5, 5.41) is 13.3. The minimum Gasteiger partial charge on any atom is -0.506 e. The molecule has 82 valence electrons. The van der Waals surface area contributed by atoms with Crippen molar-refractivity contribution in [1.82, 2.24) is 9.78 Å². The third-order valence-corrected chi connectivity index (χ3v) is 2.57. The zero-order valence-electron chi connectivity index (χ0n) is 8.51. The van der Waals surface area contributed by atoms with E-state index in [1.165, 1.54) is 22.9 Å². The predicted octanol–water partition coefficient (Wildman–Crippen LogP) is 2.01. The van der Waals surface area contributed by atoms with Crippen molar-refractivity contribution in [3.63, 3.8) is 0 Å². The molecule has 2 aromatic rings. The largest absolute Gasteiger partial charge is 0.506 e.